The van der Waals surface area contributed by atoms with Crippen molar-refractivity contribution in [2.24, 2.45) is 0 Å². The van der Waals surface area contributed by atoms with E-state index in [9.17, 15) is 4.79 Å². The lowest BCUT2D eigenvalue weighted by atomic mass is 9.96. The Kier molecular flexibility index (Phi) is 5.83. The number of nitrogens with one attached hydrogen (secondary N) is 2. The van der Waals surface area contributed by atoms with Crippen LogP contribution in [0.25, 0.3) is 0 Å². The van der Waals surface area contributed by atoms with Crippen molar-refractivity contribution in [2.45, 2.75) is 51.6 Å². The first kappa shape index (κ1) is 18.7. The molecule has 0 atom stereocenters. The van der Waals surface area contributed by atoms with Gasteiger partial charge in [-0.05, 0) is 25.0 Å². The third-order valence-electron chi connectivity index (χ3n) is 4.35. The van der Waals surface area contributed by atoms with E-state index in [1.54, 1.807) is 0 Å². The van der Waals surface area contributed by atoms with Crippen LogP contribution in [0.5, 0.6) is 0 Å². The zero-order valence-corrected chi connectivity index (χ0v) is 16.3. The van der Waals surface area contributed by atoms with Gasteiger partial charge in [-0.25, -0.2) is 9.78 Å². The Morgan fingerprint density at radius 1 is 1.31 bits per heavy atom. The summed E-state index contributed by atoms with van der Waals surface area (Å²) >= 11 is 1.22. The van der Waals surface area contributed by atoms with Gasteiger partial charge in [-0.3, -0.25) is 15.2 Å². The molecule has 3 rings (SSSR count). The summed E-state index contributed by atoms with van der Waals surface area (Å²) in [4.78, 5) is 23.3. The van der Waals surface area contributed by atoms with Crippen LogP contribution in [-0.4, -0.2) is 44.4 Å². The summed E-state index contributed by atoms with van der Waals surface area (Å²) in [6.45, 7) is 8.93. The number of likely N-dealkylation sites (tertiary alicyclic amines) is 1. The molecule has 8 heteroatoms. The number of hydrogen-bond acceptors (Lipinski definition) is 6. The molecule has 0 spiro atoms. The number of urea groups is 1. The second-order valence-corrected chi connectivity index (χ2v) is 8.39. The Balaban J connectivity index is 1.42. The van der Waals surface area contributed by atoms with Crippen molar-refractivity contribution in [3.8, 4) is 0 Å². The van der Waals surface area contributed by atoms with Crippen molar-refractivity contribution >= 4 is 22.7 Å². The van der Waals surface area contributed by atoms with Crippen molar-refractivity contribution < 1.29 is 4.79 Å². The molecule has 0 bridgehead atoms. The van der Waals surface area contributed by atoms with E-state index >= 15 is 0 Å². The smallest absolute Gasteiger partial charge is 0.321 e. The minimum atomic E-state index is -0.204. The Morgan fingerprint density at radius 2 is 2.08 bits per heavy atom. The highest BCUT2D eigenvalue weighted by atomic mass is 32.1. The molecule has 3 heterocycles. The summed E-state index contributed by atoms with van der Waals surface area (Å²) in [6.07, 6.45) is 3.69. The Bertz CT molecular complexity index is 719. The van der Waals surface area contributed by atoms with Gasteiger partial charge in [0.15, 0.2) is 0 Å². The maximum atomic E-state index is 12.2. The van der Waals surface area contributed by atoms with E-state index in [1.807, 2.05) is 24.4 Å². The predicted molar refractivity (Wildman–Crippen MR) is 103 cm³/mol. The highest BCUT2D eigenvalue weighted by molar-refractivity contribution is 7.09. The minimum Gasteiger partial charge on any atom is -0.335 e. The molecule has 0 aromatic carbocycles. The van der Waals surface area contributed by atoms with Gasteiger partial charge in [0.25, 0.3) is 0 Å². The fourth-order valence-corrected chi connectivity index (χ4v) is 3.61. The maximum Gasteiger partial charge on any atom is 0.321 e. The molecule has 140 valence electrons. The van der Waals surface area contributed by atoms with Crippen LogP contribution < -0.4 is 10.6 Å². The molecule has 1 fully saturated rings. The third-order valence-corrected chi connectivity index (χ3v) is 4.98. The van der Waals surface area contributed by atoms with Crippen LogP contribution >= 0.6 is 11.5 Å². The van der Waals surface area contributed by atoms with Crippen molar-refractivity contribution in [3.05, 3.63) is 35.9 Å². The van der Waals surface area contributed by atoms with Gasteiger partial charge in [-0.15, -0.1) is 0 Å². The monoisotopic (exact) mass is 374 g/mol. The third kappa shape index (κ3) is 5.22. The SMILES string of the molecule is CC(C)(C)c1nsc(NC(=O)NC2CCN(Cc3ccccn3)CC2)n1. The molecule has 0 aliphatic carbocycles. The lowest BCUT2D eigenvalue weighted by Crippen LogP contribution is -2.45. The fourth-order valence-electron chi connectivity index (χ4n) is 2.85. The van der Waals surface area contributed by atoms with E-state index in [1.165, 1.54) is 11.5 Å². The molecule has 1 saturated heterocycles. The van der Waals surface area contributed by atoms with Gasteiger partial charge >= 0.3 is 6.03 Å². The summed E-state index contributed by atoms with van der Waals surface area (Å²) in [6, 6.07) is 5.97. The molecule has 2 amide bonds. The van der Waals surface area contributed by atoms with Crippen LogP contribution in [0.15, 0.2) is 24.4 Å². The number of hydrogen-bond donors (Lipinski definition) is 2. The Hall–Kier alpha value is -2.06. The Morgan fingerprint density at radius 3 is 2.69 bits per heavy atom. The molecular weight excluding hydrogens is 348 g/mol. The second-order valence-electron chi connectivity index (χ2n) is 7.64. The predicted octanol–water partition coefficient (Wildman–Crippen LogP) is 3.02. The van der Waals surface area contributed by atoms with Crippen LogP contribution in [0.1, 0.15) is 45.1 Å². The second kappa shape index (κ2) is 8.09. The number of rotatable bonds is 4. The molecule has 0 unspecified atom stereocenters. The largest absolute Gasteiger partial charge is 0.335 e. The zero-order chi connectivity index (χ0) is 18.6. The van der Waals surface area contributed by atoms with Gasteiger partial charge in [-0.1, -0.05) is 26.8 Å². The van der Waals surface area contributed by atoms with Gasteiger partial charge in [0.1, 0.15) is 5.82 Å². The molecule has 7 nitrogen and oxygen atoms in total. The fraction of sp³-hybridized carbons (Fsp3) is 0.556. The lowest BCUT2D eigenvalue weighted by Gasteiger charge is -2.31. The maximum absolute atomic E-state index is 12.2. The van der Waals surface area contributed by atoms with Crippen molar-refractivity contribution in [1.29, 1.82) is 0 Å². The molecular formula is C18H26N6OS. The average molecular weight is 375 g/mol. The first-order valence-corrected chi connectivity index (χ1v) is 9.71. The number of anilines is 1. The highest BCUT2D eigenvalue weighted by Crippen LogP contribution is 2.23. The summed E-state index contributed by atoms with van der Waals surface area (Å²) in [5.74, 6) is 0.751. The molecule has 1 aliphatic rings. The van der Waals surface area contributed by atoms with Crippen LogP contribution in [0, 0.1) is 0 Å². The van der Waals surface area contributed by atoms with Crippen LogP contribution in [0.4, 0.5) is 9.93 Å². The van der Waals surface area contributed by atoms with Gasteiger partial charge in [-0.2, -0.15) is 4.37 Å². The molecule has 2 aromatic heterocycles. The lowest BCUT2D eigenvalue weighted by molar-refractivity contribution is 0.188. The number of piperidine rings is 1. The van der Waals surface area contributed by atoms with E-state index in [0.717, 1.165) is 44.0 Å². The number of nitrogens with zero attached hydrogens (tertiary/aromatic N) is 4. The summed E-state index contributed by atoms with van der Waals surface area (Å²) in [5.41, 5.74) is 0.968. The van der Waals surface area contributed by atoms with Crippen molar-refractivity contribution in [2.75, 3.05) is 18.4 Å². The topological polar surface area (TPSA) is 83.0 Å². The average Bonchev–Trinajstić information content (AvgIpc) is 3.06. The number of carbonyl (C=O) groups excluding carboxylic acids is 1. The summed E-state index contributed by atoms with van der Waals surface area (Å²) < 4.78 is 4.31. The van der Waals surface area contributed by atoms with E-state index in [2.05, 4.69) is 50.6 Å². The first-order valence-electron chi connectivity index (χ1n) is 8.94. The van der Waals surface area contributed by atoms with Gasteiger partial charge in [0, 0.05) is 48.8 Å². The quantitative estimate of drug-likeness (QED) is 0.859. The van der Waals surface area contributed by atoms with Crippen LogP contribution in [0.3, 0.4) is 0 Å². The number of pyridine rings is 1. The van der Waals surface area contributed by atoms with Gasteiger partial charge in [0.05, 0.1) is 5.69 Å². The van der Waals surface area contributed by atoms with Crippen molar-refractivity contribution in [3.63, 3.8) is 0 Å². The molecule has 2 N–H and O–H groups in total. The van der Waals surface area contributed by atoms with Crippen LogP contribution in [-0.2, 0) is 12.0 Å². The summed E-state index contributed by atoms with van der Waals surface area (Å²) in [7, 11) is 0. The normalized spacial score (nSPS) is 16.4. The van der Waals surface area contributed by atoms with E-state index in [4.69, 9.17) is 0 Å². The number of aromatic nitrogens is 3. The standard InChI is InChI=1S/C18H26N6OS/c1-18(2,3)15-21-17(26-23-15)22-16(25)20-13-7-10-24(11-8-13)12-14-6-4-5-9-19-14/h4-6,9,13H,7-8,10-12H2,1-3H3,(H2,20,21,22,23,25). The zero-order valence-electron chi connectivity index (χ0n) is 15.5. The van der Waals surface area contributed by atoms with E-state index in [0.29, 0.717) is 5.13 Å². The molecule has 1 aliphatic heterocycles. The first-order chi connectivity index (χ1) is 12.4. The minimum absolute atomic E-state index is 0.118. The molecule has 0 saturated carbocycles. The molecule has 2 aromatic rings. The highest BCUT2D eigenvalue weighted by Gasteiger charge is 2.23. The van der Waals surface area contributed by atoms with Gasteiger partial charge < -0.3 is 5.32 Å². The van der Waals surface area contributed by atoms with Gasteiger partial charge in [0.2, 0.25) is 5.13 Å². The molecule has 0 radical (unpaired) electrons. The number of carbonyl (C=O) groups is 1. The van der Waals surface area contributed by atoms with Crippen molar-refractivity contribution in [1.82, 2.24) is 24.6 Å². The summed E-state index contributed by atoms with van der Waals surface area (Å²) in [5, 5.41) is 6.39. The Labute approximate surface area is 158 Å². The van der Waals surface area contributed by atoms with Crippen LogP contribution in [0.2, 0.25) is 0 Å². The van der Waals surface area contributed by atoms with E-state index < -0.39 is 0 Å². The number of amides is 2. The molecule has 26 heavy (non-hydrogen) atoms. The van der Waals surface area contributed by atoms with E-state index in [-0.39, 0.29) is 17.5 Å².